The van der Waals surface area contributed by atoms with Gasteiger partial charge in [-0.05, 0) is 18.1 Å². The number of alkyl halides is 6. The summed E-state index contributed by atoms with van der Waals surface area (Å²) in [6.45, 7) is 3.37. The molecule has 1 saturated carbocycles. The highest BCUT2D eigenvalue weighted by Gasteiger charge is 2.65. The Morgan fingerprint density at radius 1 is 1.03 bits per heavy atom. The monoisotopic (exact) mass is 498 g/mol. The molecule has 0 amide bonds. The van der Waals surface area contributed by atoms with Crippen molar-refractivity contribution in [3.05, 3.63) is 70.8 Å². The van der Waals surface area contributed by atoms with E-state index in [4.69, 9.17) is 15.9 Å². The predicted octanol–water partition coefficient (Wildman–Crippen LogP) is 6.51. The molecule has 3 nitrogen and oxygen atoms in total. The highest BCUT2D eigenvalue weighted by atomic mass is 19.4. The third-order valence-electron chi connectivity index (χ3n) is 6.08. The molecule has 0 N–H and O–H groups in total. The predicted molar refractivity (Wildman–Crippen MR) is 116 cm³/mol. The van der Waals surface area contributed by atoms with Gasteiger partial charge in [-0.1, -0.05) is 73.9 Å². The number of carbonyl (C=O) groups is 1. The average molecular weight is 498 g/mol. The first-order valence-electron chi connectivity index (χ1n) is 10.7. The van der Waals surface area contributed by atoms with Crippen molar-refractivity contribution in [3.8, 4) is 12.3 Å². The molecular weight excluding hydrogens is 474 g/mol. The van der Waals surface area contributed by atoms with Gasteiger partial charge in [-0.25, -0.2) is 0 Å². The summed E-state index contributed by atoms with van der Waals surface area (Å²) in [6.07, 6.45) is -5.99. The molecule has 0 aliphatic heterocycles. The second-order valence-corrected chi connectivity index (χ2v) is 9.18. The molecule has 1 fully saturated rings. The first-order valence-corrected chi connectivity index (χ1v) is 10.7. The maximum absolute atomic E-state index is 14.0. The van der Waals surface area contributed by atoms with Crippen LogP contribution in [-0.2, 0) is 14.3 Å². The van der Waals surface area contributed by atoms with E-state index in [-0.39, 0.29) is 16.7 Å². The summed E-state index contributed by atoms with van der Waals surface area (Å²) in [6, 6.07) is 11.3. The van der Waals surface area contributed by atoms with E-state index in [2.05, 4.69) is 5.92 Å². The lowest BCUT2D eigenvalue weighted by molar-refractivity contribution is -0.181. The summed E-state index contributed by atoms with van der Waals surface area (Å²) in [5, 5.41) is 0. The summed E-state index contributed by atoms with van der Waals surface area (Å²) < 4.78 is 89.6. The zero-order chi connectivity index (χ0) is 26.2. The molecule has 35 heavy (non-hydrogen) atoms. The van der Waals surface area contributed by atoms with Crippen LogP contribution in [0.4, 0.5) is 26.3 Å². The van der Waals surface area contributed by atoms with Crippen LogP contribution in [0.1, 0.15) is 48.1 Å². The van der Waals surface area contributed by atoms with Gasteiger partial charge in [-0.15, -0.1) is 6.42 Å². The first kappa shape index (κ1) is 26.6. The molecule has 3 rings (SSSR count). The lowest BCUT2D eigenvalue weighted by Gasteiger charge is -2.23. The van der Waals surface area contributed by atoms with E-state index in [0.29, 0.717) is 0 Å². The van der Waals surface area contributed by atoms with Gasteiger partial charge in [0.1, 0.15) is 12.5 Å². The SMILES string of the molecule is C#CC(OC(=O)C1C(OCC(F)(F)F)C1(C)C)c1cccc(C(c2ccc(C)cc2)C(F)(F)F)c1. The maximum Gasteiger partial charge on any atom is 0.411 e. The number of halogens is 6. The number of hydrogen-bond acceptors (Lipinski definition) is 3. The number of benzene rings is 2. The molecule has 0 radical (unpaired) electrons. The summed E-state index contributed by atoms with van der Waals surface area (Å²) in [7, 11) is 0. The van der Waals surface area contributed by atoms with Gasteiger partial charge in [-0.3, -0.25) is 4.79 Å². The Labute approximate surface area is 199 Å². The van der Waals surface area contributed by atoms with Gasteiger partial charge in [-0.2, -0.15) is 26.3 Å². The Kier molecular flexibility index (Phi) is 7.28. The molecule has 1 aliphatic carbocycles. The van der Waals surface area contributed by atoms with Gasteiger partial charge in [0.25, 0.3) is 0 Å². The van der Waals surface area contributed by atoms with Crippen LogP contribution in [0.15, 0.2) is 48.5 Å². The molecule has 0 heterocycles. The molecule has 2 aromatic carbocycles. The second-order valence-electron chi connectivity index (χ2n) is 9.18. The lowest BCUT2D eigenvalue weighted by atomic mass is 9.88. The van der Waals surface area contributed by atoms with Crippen LogP contribution in [0.3, 0.4) is 0 Å². The van der Waals surface area contributed by atoms with E-state index in [1.54, 1.807) is 32.9 Å². The average Bonchev–Trinajstić information content (AvgIpc) is 3.31. The van der Waals surface area contributed by atoms with Crippen molar-refractivity contribution in [1.29, 1.82) is 0 Å². The minimum absolute atomic E-state index is 0.0406. The van der Waals surface area contributed by atoms with Crippen LogP contribution in [0.25, 0.3) is 0 Å². The fourth-order valence-corrected chi connectivity index (χ4v) is 4.13. The summed E-state index contributed by atoms with van der Waals surface area (Å²) in [5.74, 6) is -1.55. The van der Waals surface area contributed by atoms with Crippen LogP contribution in [0, 0.1) is 30.6 Å². The quantitative estimate of drug-likeness (QED) is 0.248. The smallest absolute Gasteiger partial charge is 0.411 e. The van der Waals surface area contributed by atoms with Crippen LogP contribution >= 0.6 is 0 Å². The van der Waals surface area contributed by atoms with E-state index in [1.165, 1.54) is 36.4 Å². The Morgan fingerprint density at radius 2 is 1.63 bits per heavy atom. The zero-order valence-electron chi connectivity index (χ0n) is 19.2. The van der Waals surface area contributed by atoms with Crippen LogP contribution < -0.4 is 0 Å². The third kappa shape index (κ3) is 6.17. The van der Waals surface area contributed by atoms with E-state index in [9.17, 15) is 31.1 Å². The molecule has 1 aliphatic rings. The van der Waals surface area contributed by atoms with E-state index in [1.807, 2.05) is 0 Å². The number of terminal acetylenes is 1. The minimum Gasteiger partial charge on any atom is -0.444 e. The van der Waals surface area contributed by atoms with Crippen molar-refractivity contribution in [1.82, 2.24) is 0 Å². The zero-order valence-corrected chi connectivity index (χ0v) is 19.2. The molecule has 4 unspecified atom stereocenters. The molecule has 188 valence electrons. The van der Waals surface area contributed by atoms with Crippen LogP contribution in [0.2, 0.25) is 0 Å². The number of esters is 1. The number of ether oxygens (including phenoxy) is 2. The van der Waals surface area contributed by atoms with Gasteiger partial charge < -0.3 is 9.47 Å². The third-order valence-corrected chi connectivity index (χ3v) is 6.08. The van der Waals surface area contributed by atoms with E-state index < -0.39 is 54.4 Å². The van der Waals surface area contributed by atoms with E-state index in [0.717, 1.165) is 5.56 Å². The first-order chi connectivity index (χ1) is 16.1. The van der Waals surface area contributed by atoms with Crippen molar-refractivity contribution in [3.63, 3.8) is 0 Å². The van der Waals surface area contributed by atoms with Crippen molar-refractivity contribution in [2.45, 2.75) is 51.2 Å². The summed E-state index contributed by atoms with van der Waals surface area (Å²) in [4.78, 5) is 12.7. The van der Waals surface area contributed by atoms with Gasteiger partial charge in [0.15, 0.2) is 6.10 Å². The maximum atomic E-state index is 14.0. The highest BCUT2D eigenvalue weighted by Crippen LogP contribution is 2.55. The van der Waals surface area contributed by atoms with Crippen molar-refractivity contribution in [2.75, 3.05) is 6.61 Å². The fourth-order valence-electron chi connectivity index (χ4n) is 4.13. The largest absolute Gasteiger partial charge is 0.444 e. The second kappa shape index (κ2) is 9.57. The summed E-state index contributed by atoms with van der Waals surface area (Å²) >= 11 is 0. The van der Waals surface area contributed by atoms with E-state index >= 15 is 0 Å². The molecule has 0 saturated heterocycles. The summed E-state index contributed by atoms with van der Waals surface area (Å²) in [5.41, 5.74) is -0.00256. The molecule has 4 atom stereocenters. The lowest BCUT2D eigenvalue weighted by Crippen LogP contribution is -2.22. The highest BCUT2D eigenvalue weighted by molar-refractivity contribution is 5.79. The fraction of sp³-hybridized carbons (Fsp3) is 0.423. The standard InChI is InChI=1S/C26H24F6O3/c1-5-19(35-23(33)21-22(24(21,3)4)34-14-25(27,28)29)17-7-6-8-18(13-17)20(26(30,31)32)16-11-9-15(2)10-12-16/h1,6-13,19-22H,14H2,2-4H3. The Hall–Kier alpha value is -2.99. The molecule has 9 heteroatoms. The molecule has 0 bridgehead atoms. The van der Waals surface area contributed by atoms with Crippen molar-refractivity contribution in [2.24, 2.45) is 11.3 Å². The molecule has 0 aromatic heterocycles. The molecule has 0 spiro atoms. The molecular formula is C26H24F6O3. The van der Waals surface area contributed by atoms with Crippen molar-refractivity contribution < 1.29 is 40.6 Å². The molecule has 2 aromatic rings. The normalized spacial score (nSPS) is 21.0. The van der Waals surface area contributed by atoms with Gasteiger partial charge in [0.2, 0.25) is 0 Å². The van der Waals surface area contributed by atoms with Gasteiger partial charge in [0.05, 0.1) is 12.0 Å². The number of rotatable bonds is 7. The van der Waals surface area contributed by atoms with Gasteiger partial charge in [0, 0.05) is 11.0 Å². The van der Waals surface area contributed by atoms with Crippen molar-refractivity contribution >= 4 is 5.97 Å². The number of aryl methyl sites for hydroxylation is 1. The minimum atomic E-state index is -4.60. The Bertz CT molecular complexity index is 1100. The van der Waals surface area contributed by atoms with Crippen LogP contribution in [-0.4, -0.2) is 31.0 Å². The number of carbonyl (C=O) groups excluding carboxylic acids is 1. The Balaban J connectivity index is 1.81. The number of hydrogen-bond donors (Lipinski definition) is 0. The van der Waals surface area contributed by atoms with Crippen LogP contribution in [0.5, 0.6) is 0 Å². The Morgan fingerprint density at radius 3 is 2.17 bits per heavy atom. The topological polar surface area (TPSA) is 35.5 Å². The van der Waals surface area contributed by atoms with Gasteiger partial charge >= 0.3 is 18.3 Å².